The molecular weight excluding hydrogens is 152 g/mol. The van der Waals surface area contributed by atoms with Gasteiger partial charge in [0.1, 0.15) is 5.15 Å². The second-order valence-electron chi connectivity index (χ2n) is 1.88. The molecule has 1 aromatic heterocycles. The quantitative estimate of drug-likeness (QED) is 0.620. The lowest BCUT2D eigenvalue weighted by molar-refractivity contribution is 1.000. The second kappa shape index (κ2) is 2.84. The molecule has 0 saturated heterocycles. The molecule has 0 unspecified atom stereocenters. The molecule has 1 heterocycles. The fourth-order valence-corrected chi connectivity index (χ4v) is 0.909. The van der Waals surface area contributed by atoms with E-state index in [1.54, 1.807) is 0 Å². The lowest BCUT2D eigenvalue weighted by Crippen LogP contribution is -2.10. The molecule has 0 aromatic carbocycles. The van der Waals surface area contributed by atoms with Gasteiger partial charge in [-0.1, -0.05) is 18.5 Å². The van der Waals surface area contributed by atoms with Crippen LogP contribution in [0.4, 0.5) is 0 Å². The molecule has 1 N–H and O–H groups in total. The Morgan fingerprint density at radius 3 is 3.00 bits per heavy atom. The van der Waals surface area contributed by atoms with E-state index in [-0.39, 0.29) is 0 Å². The van der Waals surface area contributed by atoms with E-state index in [0.717, 1.165) is 12.0 Å². The lowest BCUT2D eigenvalue weighted by Gasteiger charge is -1.95. The molecule has 0 amide bonds. The summed E-state index contributed by atoms with van der Waals surface area (Å²) in [6, 6.07) is 0. The number of rotatable bonds is 1. The van der Waals surface area contributed by atoms with Crippen molar-refractivity contribution in [3.63, 3.8) is 0 Å². The van der Waals surface area contributed by atoms with Crippen LogP contribution >= 0.6 is 11.6 Å². The molecule has 0 aliphatic rings. The third kappa shape index (κ3) is 1.36. The highest BCUT2D eigenvalue weighted by Crippen LogP contribution is 2.07. The number of nitrogens with one attached hydrogen (secondary N) is 1. The van der Waals surface area contributed by atoms with Gasteiger partial charge in [-0.05, 0) is 6.42 Å². The largest absolute Gasteiger partial charge is 0.346 e. The summed E-state index contributed by atoms with van der Waals surface area (Å²) in [6.45, 7) is 1.95. The van der Waals surface area contributed by atoms with Crippen LogP contribution in [0, 0.1) is 0 Å². The van der Waals surface area contributed by atoms with Crippen LogP contribution < -0.4 is 5.69 Å². The number of aromatic nitrogens is 2. The Labute approximate surface area is 63.1 Å². The zero-order chi connectivity index (χ0) is 7.56. The van der Waals surface area contributed by atoms with Gasteiger partial charge in [-0.2, -0.15) is 0 Å². The minimum absolute atomic E-state index is 0.391. The topological polar surface area (TPSA) is 45.8 Å². The van der Waals surface area contributed by atoms with Crippen LogP contribution in [-0.2, 0) is 6.42 Å². The Morgan fingerprint density at radius 1 is 1.80 bits per heavy atom. The summed E-state index contributed by atoms with van der Waals surface area (Å²) in [5, 5.41) is 0.391. The molecule has 3 nitrogen and oxygen atoms in total. The summed E-state index contributed by atoms with van der Waals surface area (Å²) < 4.78 is 0. The Kier molecular flexibility index (Phi) is 2.06. The molecule has 54 valence electrons. The van der Waals surface area contributed by atoms with Crippen LogP contribution in [-0.4, -0.2) is 9.97 Å². The van der Waals surface area contributed by atoms with Crippen LogP contribution in [0.1, 0.15) is 12.5 Å². The molecule has 0 aliphatic carbocycles. The average molecular weight is 159 g/mol. The molecule has 0 atom stereocenters. The minimum atomic E-state index is -0.401. The number of aryl methyl sites for hydroxylation is 1. The van der Waals surface area contributed by atoms with E-state index >= 15 is 0 Å². The first-order chi connectivity index (χ1) is 4.74. The van der Waals surface area contributed by atoms with Crippen LogP contribution in [0.15, 0.2) is 11.0 Å². The molecule has 0 radical (unpaired) electrons. The number of hydrogen-bond acceptors (Lipinski definition) is 2. The van der Waals surface area contributed by atoms with Gasteiger partial charge in [0.2, 0.25) is 0 Å². The molecule has 0 bridgehead atoms. The van der Waals surface area contributed by atoms with Gasteiger partial charge in [0.25, 0.3) is 0 Å². The SMILES string of the molecule is CCc1cnc(=O)[nH]c1Cl. The van der Waals surface area contributed by atoms with E-state index in [1.165, 1.54) is 6.20 Å². The smallest absolute Gasteiger partial charge is 0.296 e. The van der Waals surface area contributed by atoms with Gasteiger partial charge < -0.3 is 0 Å². The van der Waals surface area contributed by atoms with Gasteiger partial charge in [0, 0.05) is 11.8 Å². The molecule has 10 heavy (non-hydrogen) atoms. The van der Waals surface area contributed by atoms with Gasteiger partial charge in [0.05, 0.1) is 0 Å². The predicted molar refractivity (Wildman–Crippen MR) is 39.2 cm³/mol. The lowest BCUT2D eigenvalue weighted by atomic mass is 10.3. The molecule has 0 aliphatic heterocycles. The number of nitrogens with zero attached hydrogens (tertiary/aromatic N) is 1. The maximum Gasteiger partial charge on any atom is 0.346 e. The molecular formula is C6H7ClN2O. The maximum absolute atomic E-state index is 10.5. The zero-order valence-corrected chi connectivity index (χ0v) is 6.27. The van der Waals surface area contributed by atoms with Gasteiger partial charge in [-0.25, -0.2) is 9.78 Å². The van der Waals surface area contributed by atoms with Crippen LogP contribution in [0.5, 0.6) is 0 Å². The highest BCUT2D eigenvalue weighted by Gasteiger charge is 1.96. The molecule has 4 heteroatoms. The number of hydrogen-bond donors (Lipinski definition) is 1. The van der Waals surface area contributed by atoms with Crippen molar-refractivity contribution in [1.82, 2.24) is 9.97 Å². The normalized spacial score (nSPS) is 9.80. The van der Waals surface area contributed by atoms with E-state index in [1.807, 2.05) is 6.92 Å². The molecule has 1 aromatic rings. The van der Waals surface area contributed by atoms with E-state index < -0.39 is 5.69 Å². The summed E-state index contributed by atoms with van der Waals surface area (Å²) in [4.78, 5) is 16.4. The first kappa shape index (κ1) is 7.28. The van der Waals surface area contributed by atoms with Crippen molar-refractivity contribution < 1.29 is 0 Å². The Hall–Kier alpha value is -0.830. The molecule has 0 spiro atoms. The highest BCUT2D eigenvalue weighted by atomic mass is 35.5. The van der Waals surface area contributed by atoms with Gasteiger partial charge in [0.15, 0.2) is 0 Å². The number of aromatic amines is 1. The van der Waals surface area contributed by atoms with E-state index in [2.05, 4.69) is 9.97 Å². The van der Waals surface area contributed by atoms with Gasteiger partial charge in [-0.3, -0.25) is 4.98 Å². The van der Waals surface area contributed by atoms with Crippen molar-refractivity contribution in [3.8, 4) is 0 Å². The third-order valence-corrected chi connectivity index (χ3v) is 1.55. The maximum atomic E-state index is 10.5. The standard InChI is InChI=1S/C6H7ClN2O/c1-2-4-3-8-6(10)9-5(4)7/h3H,2H2,1H3,(H,8,9,10). The Bertz CT molecular complexity index is 281. The van der Waals surface area contributed by atoms with Gasteiger partial charge >= 0.3 is 5.69 Å². The second-order valence-corrected chi connectivity index (χ2v) is 2.26. The monoisotopic (exact) mass is 158 g/mol. The van der Waals surface area contributed by atoms with Crippen molar-refractivity contribution in [2.45, 2.75) is 13.3 Å². The molecule has 0 saturated carbocycles. The first-order valence-corrected chi connectivity index (χ1v) is 3.35. The molecule has 0 fully saturated rings. The predicted octanol–water partition coefficient (Wildman–Crippen LogP) is 0.986. The number of halogens is 1. The minimum Gasteiger partial charge on any atom is -0.296 e. The van der Waals surface area contributed by atoms with E-state index in [9.17, 15) is 4.79 Å². The van der Waals surface area contributed by atoms with Crippen molar-refractivity contribution in [3.05, 3.63) is 27.4 Å². The first-order valence-electron chi connectivity index (χ1n) is 2.97. The van der Waals surface area contributed by atoms with Crippen molar-refractivity contribution in [2.75, 3.05) is 0 Å². The Balaban J connectivity index is 3.19. The van der Waals surface area contributed by atoms with Crippen molar-refractivity contribution in [1.29, 1.82) is 0 Å². The summed E-state index contributed by atoms with van der Waals surface area (Å²) in [7, 11) is 0. The fourth-order valence-electron chi connectivity index (χ4n) is 0.646. The van der Waals surface area contributed by atoms with Crippen LogP contribution in [0.25, 0.3) is 0 Å². The highest BCUT2D eigenvalue weighted by molar-refractivity contribution is 6.30. The van der Waals surface area contributed by atoms with Crippen LogP contribution in [0.3, 0.4) is 0 Å². The van der Waals surface area contributed by atoms with Crippen molar-refractivity contribution >= 4 is 11.6 Å². The third-order valence-electron chi connectivity index (χ3n) is 1.22. The van der Waals surface area contributed by atoms with Gasteiger partial charge in [-0.15, -0.1) is 0 Å². The summed E-state index contributed by atoms with van der Waals surface area (Å²) in [5.41, 5.74) is 0.462. The average Bonchev–Trinajstić information content (AvgIpc) is 1.88. The molecule has 1 rings (SSSR count). The van der Waals surface area contributed by atoms with E-state index in [0.29, 0.717) is 5.15 Å². The summed E-state index contributed by atoms with van der Waals surface area (Å²) in [5.74, 6) is 0. The van der Waals surface area contributed by atoms with Crippen LogP contribution in [0.2, 0.25) is 5.15 Å². The fraction of sp³-hybridized carbons (Fsp3) is 0.333. The summed E-state index contributed by atoms with van der Waals surface area (Å²) >= 11 is 5.63. The zero-order valence-electron chi connectivity index (χ0n) is 5.52. The van der Waals surface area contributed by atoms with E-state index in [4.69, 9.17) is 11.6 Å². The van der Waals surface area contributed by atoms with Crippen molar-refractivity contribution in [2.24, 2.45) is 0 Å². The summed E-state index contributed by atoms with van der Waals surface area (Å²) in [6.07, 6.45) is 2.27. The number of H-pyrrole nitrogens is 1. The Morgan fingerprint density at radius 2 is 2.50 bits per heavy atom.